The molecule has 0 aliphatic rings. The number of hydrogen-bond donors (Lipinski definition) is 3. The number of phenols is 1. The second-order valence-corrected chi connectivity index (χ2v) is 5.17. The first kappa shape index (κ1) is 17.8. The number of carboxylic acids is 1. The third-order valence-corrected chi connectivity index (χ3v) is 3.23. The molecule has 3 N–H and O–H groups in total. The van der Waals surface area contributed by atoms with E-state index >= 15 is 0 Å². The summed E-state index contributed by atoms with van der Waals surface area (Å²) in [5, 5.41) is 20.9. The van der Waals surface area contributed by atoms with Gasteiger partial charge in [0.1, 0.15) is 11.8 Å². The van der Waals surface area contributed by atoms with Gasteiger partial charge in [0.05, 0.1) is 0 Å². The van der Waals surface area contributed by atoms with Gasteiger partial charge in [0.25, 0.3) is 0 Å². The van der Waals surface area contributed by atoms with E-state index < -0.39 is 17.9 Å². The molecule has 0 spiro atoms. The van der Waals surface area contributed by atoms with E-state index in [2.05, 4.69) is 12.2 Å². The first-order valence-corrected chi connectivity index (χ1v) is 7.50. The minimum atomic E-state index is -1.08. The van der Waals surface area contributed by atoms with Crippen molar-refractivity contribution in [3.63, 3.8) is 0 Å². The molecule has 0 heterocycles. The first-order valence-electron chi connectivity index (χ1n) is 7.50. The number of carboxylic acid groups (broad SMARTS) is 1. The molecular formula is C17H23NO4. The number of aliphatic carboxylic acids is 1. The molecule has 22 heavy (non-hydrogen) atoms. The molecular weight excluding hydrogens is 282 g/mol. The molecule has 0 radical (unpaired) electrons. The van der Waals surface area contributed by atoms with Gasteiger partial charge in [0, 0.05) is 6.42 Å². The highest BCUT2D eigenvalue weighted by atomic mass is 16.4. The fourth-order valence-corrected chi connectivity index (χ4v) is 1.99. The van der Waals surface area contributed by atoms with Gasteiger partial charge < -0.3 is 15.5 Å². The molecule has 120 valence electrons. The van der Waals surface area contributed by atoms with Gasteiger partial charge in [-0.15, -0.1) is 0 Å². The lowest BCUT2D eigenvalue weighted by Crippen LogP contribution is -2.41. The Labute approximate surface area is 130 Å². The van der Waals surface area contributed by atoms with Gasteiger partial charge in [0.15, 0.2) is 0 Å². The van der Waals surface area contributed by atoms with Crippen molar-refractivity contribution in [2.45, 2.75) is 45.1 Å². The Morgan fingerprint density at radius 2 is 1.91 bits per heavy atom. The summed E-state index contributed by atoms with van der Waals surface area (Å²) in [6.07, 6.45) is 7.41. The first-order chi connectivity index (χ1) is 10.5. The fourth-order valence-electron chi connectivity index (χ4n) is 1.99. The highest BCUT2D eigenvalue weighted by molar-refractivity contribution is 5.91. The van der Waals surface area contributed by atoms with Crippen LogP contribution in [0.15, 0.2) is 36.4 Å². The van der Waals surface area contributed by atoms with E-state index in [0.29, 0.717) is 0 Å². The summed E-state index contributed by atoms with van der Waals surface area (Å²) in [6, 6.07) is 5.26. The van der Waals surface area contributed by atoms with Crippen molar-refractivity contribution < 1.29 is 19.8 Å². The zero-order valence-electron chi connectivity index (χ0n) is 12.8. The molecule has 0 bridgehead atoms. The number of benzene rings is 1. The number of carbonyl (C=O) groups is 2. The normalized spacial score (nSPS) is 12.2. The van der Waals surface area contributed by atoms with Crippen LogP contribution in [0.2, 0.25) is 0 Å². The topological polar surface area (TPSA) is 86.6 Å². The Bertz CT molecular complexity index is 508. The van der Waals surface area contributed by atoms with Gasteiger partial charge in [0.2, 0.25) is 5.91 Å². The van der Waals surface area contributed by atoms with Crippen LogP contribution in [0.25, 0.3) is 0 Å². The molecule has 1 atom stereocenters. The molecule has 0 fully saturated rings. The summed E-state index contributed by atoms with van der Waals surface area (Å²) in [7, 11) is 0. The SMILES string of the molecule is CCCCCC=CC(=O)N[C@@H](Cc1ccc(O)cc1)C(=O)O. The summed E-state index contributed by atoms with van der Waals surface area (Å²) in [4.78, 5) is 23.0. The number of amides is 1. The number of carbonyl (C=O) groups excluding carboxylic acids is 1. The Balaban J connectivity index is 2.51. The number of nitrogens with one attached hydrogen (secondary N) is 1. The second-order valence-electron chi connectivity index (χ2n) is 5.17. The van der Waals surface area contributed by atoms with Gasteiger partial charge in [-0.2, -0.15) is 0 Å². The maximum absolute atomic E-state index is 11.7. The van der Waals surface area contributed by atoms with Crippen LogP contribution >= 0.6 is 0 Å². The monoisotopic (exact) mass is 305 g/mol. The van der Waals surface area contributed by atoms with Crippen LogP contribution in [0.4, 0.5) is 0 Å². The quantitative estimate of drug-likeness (QED) is 0.483. The van der Waals surface area contributed by atoms with E-state index in [4.69, 9.17) is 0 Å². The lowest BCUT2D eigenvalue weighted by atomic mass is 10.1. The highest BCUT2D eigenvalue weighted by Gasteiger charge is 2.19. The molecule has 0 aromatic heterocycles. The predicted octanol–water partition coefficient (Wildman–Crippen LogP) is 2.64. The fraction of sp³-hybridized carbons (Fsp3) is 0.412. The maximum atomic E-state index is 11.7. The van der Waals surface area contributed by atoms with E-state index in [0.717, 1.165) is 31.2 Å². The highest BCUT2D eigenvalue weighted by Crippen LogP contribution is 2.11. The van der Waals surface area contributed by atoms with Gasteiger partial charge >= 0.3 is 5.97 Å². The van der Waals surface area contributed by atoms with Crippen molar-refractivity contribution in [3.8, 4) is 5.75 Å². The summed E-state index contributed by atoms with van der Waals surface area (Å²) in [5.41, 5.74) is 0.734. The summed E-state index contributed by atoms with van der Waals surface area (Å²) in [6.45, 7) is 2.11. The van der Waals surface area contributed by atoms with Crippen LogP contribution in [0, 0.1) is 0 Å². The van der Waals surface area contributed by atoms with Crippen molar-refractivity contribution in [3.05, 3.63) is 42.0 Å². The Morgan fingerprint density at radius 1 is 1.23 bits per heavy atom. The van der Waals surface area contributed by atoms with Crippen molar-refractivity contribution >= 4 is 11.9 Å². The molecule has 5 nitrogen and oxygen atoms in total. The van der Waals surface area contributed by atoms with Crippen LogP contribution in [0.3, 0.4) is 0 Å². The number of allylic oxidation sites excluding steroid dienone is 1. The lowest BCUT2D eigenvalue weighted by molar-refractivity contribution is -0.141. The van der Waals surface area contributed by atoms with Crippen LogP contribution in [-0.2, 0) is 16.0 Å². The number of hydrogen-bond acceptors (Lipinski definition) is 3. The summed E-state index contributed by atoms with van der Waals surface area (Å²) >= 11 is 0. The molecule has 5 heteroatoms. The smallest absolute Gasteiger partial charge is 0.326 e. The average molecular weight is 305 g/mol. The van der Waals surface area contributed by atoms with E-state index in [-0.39, 0.29) is 12.2 Å². The number of unbranched alkanes of at least 4 members (excludes halogenated alkanes) is 3. The third-order valence-electron chi connectivity index (χ3n) is 3.23. The van der Waals surface area contributed by atoms with E-state index in [1.54, 1.807) is 18.2 Å². The Morgan fingerprint density at radius 3 is 2.50 bits per heavy atom. The molecule has 1 rings (SSSR count). The van der Waals surface area contributed by atoms with E-state index in [9.17, 15) is 19.8 Å². The zero-order valence-corrected chi connectivity index (χ0v) is 12.8. The van der Waals surface area contributed by atoms with Gasteiger partial charge in [-0.1, -0.05) is 38.0 Å². The minimum Gasteiger partial charge on any atom is -0.508 e. The third kappa shape index (κ3) is 6.92. The number of phenolic OH excluding ortho intramolecular Hbond substituents is 1. The zero-order chi connectivity index (χ0) is 16.4. The predicted molar refractivity (Wildman–Crippen MR) is 84.7 cm³/mol. The number of aromatic hydroxyl groups is 1. The van der Waals surface area contributed by atoms with Crippen molar-refractivity contribution in [2.75, 3.05) is 0 Å². The Kier molecular flexibility index (Phi) is 7.75. The number of rotatable bonds is 9. The van der Waals surface area contributed by atoms with Crippen molar-refractivity contribution in [1.82, 2.24) is 5.32 Å². The van der Waals surface area contributed by atoms with Crippen LogP contribution in [0.1, 0.15) is 38.2 Å². The van der Waals surface area contributed by atoms with Crippen LogP contribution in [-0.4, -0.2) is 28.1 Å². The lowest BCUT2D eigenvalue weighted by Gasteiger charge is -2.13. The molecule has 0 saturated heterocycles. The molecule has 0 aliphatic heterocycles. The molecule has 0 unspecified atom stereocenters. The molecule has 1 aromatic rings. The van der Waals surface area contributed by atoms with Crippen molar-refractivity contribution in [2.24, 2.45) is 0 Å². The van der Waals surface area contributed by atoms with E-state index in [1.807, 2.05) is 0 Å². The largest absolute Gasteiger partial charge is 0.508 e. The molecule has 1 amide bonds. The average Bonchev–Trinajstić information content (AvgIpc) is 2.48. The molecule has 0 aliphatic carbocycles. The van der Waals surface area contributed by atoms with Crippen LogP contribution in [0.5, 0.6) is 5.75 Å². The van der Waals surface area contributed by atoms with E-state index in [1.165, 1.54) is 18.2 Å². The maximum Gasteiger partial charge on any atom is 0.326 e. The molecule has 0 saturated carbocycles. The molecule has 1 aromatic carbocycles. The van der Waals surface area contributed by atoms with Gasteiger partial charge in [-0.3, -0.25) is 4.79 Å². The minimum absolute atomic E-state index is 0.120. The van der Waals surface area contributed by atoms with Gasteiger partial charge in [-0.25, -0.2) is 4.79 Å². The van der Waals surface area contributed by atoms with Crippen LogP contribution < -0.4 is 5.32 Å². The van der Waals surface area contributed by atoms with Crippen molar-refractivity contribution in [1.29, 1.82) is 0 Å². The Hall–Kier alpha value is -2.30. The summed E-state index contributed by atoms with van der Waals surface area (Å²) in [5.74, 6) is -1.36. The standard InChI is InChI=1S/C17H23NO4/c1-2-3-4-5-6-7-16(20)18-15(17(21)22)12-13-8-10-14(19)11-9-13/h6-11,15,19H,2-5,12H2,1H3,(H,18,20)(H,21,22)/t15-/m0/s1. The summed E-state index contributed by atoms with van der Waals surface area (Å²) < 4.78 is 0. The van der Waals surface area contributed by atoms with Gasteiger partial charge in [-0.05, 0) is 36.6 Å². The second kappa shape index (κ2) is 9.60.